The Balaban J connectivity index is 0.00000289. The number of anilines is 1. The van der Waals surface area contributed by atoms with Gasteiger partial charge in [0.1, 0.15) is 40.6 Å². The zero-order valence-corrected chi connectivity index (χ0v) is 18.4. The molecule has 2 N–H and O–H groups in total. The topological polar surface area (TPSA) is 76.1 Å². The maximum absolute atomic E-state index is 14.3. The number of carbonyl (C=O) groups excluding carboxylic acids is 1. The normalized spacial score (nSPS) is 16.0. The fraction of sp³-hybridized carbons (Fsp3) is 0.286. The monoisotopic (exact) mass is 484 g/mol. The minimum absolute atomic E-state index is 0. The van der Waals surface area contributed by atoms with E-state index in [-0.39, 0.29) is 24.2 Å². The molecule has 3 heterocycles. The van der Waals surface area contributed by atoms with Gasteiger partial charge in [-0.05, 0) is 56.6 Å². The maximum Gasteiger partial charge on any atom is 0.274 e. The molecule has 1 atom stereocenters. The lowest BCUT2D eigenvalue weighted by Crippen LogP contribution is -2.20. The highest BCUT2D eigenvalue weighted by atomic mass is 35.5. The van der Waals surface area contributed by atoms with Gasteiger partial charge < -0.3 is 15.4 Å². The lowest BCUT2D eigenvalue weighted by molar-refractivity contribution is 0.102. The van der Waals surface area contributed by atoms with Crippen LogP contribution in [0, 0.1) is 17.5 Å². The largest absolute Gasteiger partial charge is 0.478 e. The van der Waals surface area contributed by atoms with Gasteiger partial charge >= 0.3 is 0 Å². The van der Waals surface area contributed by atoms with Gasteiger partial charge in [-0.25, -0.2) is 18.2 Å². The van der Waals surface area contributed by atoms with Crippen LogP contribution in [0.3, 0.4) is 0 Å². The molecule has 1 fully saturated rings. The van der Waals surface area contributed by atoms with Crippen LogP contribution in [-0.2, 0) is 0 Å². The van der Waals surface area contributed by atoms with E-state index >= 15 is 0 Å². The van der Waals surface area contributed by atoms with Gasteiger partial charge in [0, 0.05) is 11.5 Å². The van der Waals surface area contributed by atoms with E-state index in [2.05, 4.69) is 20.0 Å². The number of ether oxygens (including phenoxy) is 1. The van der Waals surface area contributed by atoms with Gasteiger partial charge in [0.15, 0.2) is 0 Å². The van der Waals surface area contributed by atoms with E-state index < -0.39 is 34.6 Å². The molecule has 32 heavy (non-hydrogen) atoms. The van der Waals surface area contributed by atoms with Crippen LogP contribution >= 0.6 is 23.9 Å². The van der Waals surface area contributed by atoms with Crippen LogP contribution < -0.4 is 15.4 Å². The van der Waals surface area contributed by atoms with Gasteiger partial charge in [0.25, 0.3) is 5.91 Å². The predicted octanol–water partition coefficient (Wildman–Crippen LogP) is 4.82. The second-order valence-corrected chi connectivity index (χ2v) is 7.79. The Bertz CT molecular complexity index is 1070. The summed E-state index contributed by atoms with van der Waals surface area (Å²) < 4.78 is 52.5. The molecule has 0 bridgehead atoms. The Morgan fingerprint density at radius 1 is 1.09 bits per heavy atom. The highest BCUT2D eigenvalue weighted by molar-refractivity contribution is 7.08. The summed E-state index contributed by atoms with van der Waals surface area (Å²) in [6, 6.07) is 5.25. The summed E-state index contributed by atoms with van der Waals surface area (Å²) >= 11 is 1.11. The average Bonchev–Trinajstić information content (AvgIpc) is 3.01. The molecule has 2 aromatic heterocycles. The predicted molar refractivity (Wildman–Crippen MR) is 118 cm³/mol. The summed E-state index contributed by atoms with van der Waals surface area (Å²) in [7, 11) is 0. The van der Waals surface area contributed by atoms with Crippen molar-refractivity contribution in [1.82, 2.24) is 14.7 Å². The van der Waals surface area contributed by atoms with Crippen LogP contribution in [0.4, 0.5) is 18.9 Å². The minimum Gasteiger partial charge on any atom is -0.478 e. The second kappa shape index (κ2) is 10.8. The average molecular weight is 485 g/mol. The molecule has 3 aromatic rings. The number of benzene rings is 1. The Morgan fingerprint density at radius 2 is 1.88 bits per heavy atom. The van der Waals surface area contributed by atoms with E-state index in [0.29, 0.717) is 10.8 Å². The number of hydrogen-bond donors (Lipinski definition) is 2. The van der Waals surface area contributed by atoms with Crippen LogP contribution in [0.25, 0.3) is 11.3 Å². The number of aromatic nitrogens is 2. The van der Waals surface area contributed by atoms with Crippen molar-refractivity contribution in [3.8, 4) is 16.3 Å². The van der Waals surface area contributed by atoms with Gasteiger partial charge in [-0.15, -0.1) is 12.4 Å². The molecule has 1 aliphatic heterocycles. The summed E-state index contributed by atoms with van der Waals surface area (Å²) in [4.78, 5) is 16.6. The molecule has 1 saturated heterocycles. The first-order valence-corrected chi connectivity index (χ1v) is 10.5. The molecule has 11 heteroatoms. The molecule has 1 aromatic carbocycles. The molecule has 1 unspecified atom stereocenters. The molecule has 0 radical (unpaired) electrons. The van der Waals surface area contributed by atoms with E-state index in [1.54, 1.807) is 0 Å². The molecule has 170 valence electrons. The summed E-state index contributed by atoms with van der Waals surface area (Å²) in [6.45, 7) is 1.79. The number of halogens is 4. The van der Waals surface area contributed by atoms with Crippen LogP contribution in [-0.4, -0.2) is 34.5 Å². The summed E-state index contributed by atoms with van der Waals surface area (Å²) in [5.74, 6) is -3.56. The van der Waals surface area contributed by atoms with Crippen molar-refractivity contribution in [3.63, 3.8) is 0 Å². The van der Waals surface area contributed by atoms with E-state index in [4.69, 9.17) is 4.74 Å². The standard InChI is InChI=1S/C21H19F3N4O2S.ClH/c22-13-4-1-5-14(23)18(13)19-15(24)6-7-16(27-19)20(29)28-17-11-26-31-21(17)30-12-3-2-9-25-10-8-12;/h1,4-7,11-12,25H,2-3,8-10H2,(H,28,29);1H. The Kier molecular flexibility index (Phi) is 8.05. The Labute approximate surface area is 192 Å². The molecular formula is C21H20ClF3N4O2S. The number of rotatable bonds is 5. The van der Waals surface area contributed by atoms with Crippen molar-refractivity contribution in [3.05, 3.63) is 59.7 Å². The lowest BCUT2D eigenvalue weighted by Gasteiger charge is -2.16. The Morgan fingerprint density at radius 3 is 2.66 bits per heavy atom. The first kappa shape index (κ1) is 24.0. The summed E-state index contributed by atoms with van der Waals surface area (Å²) in [5.41, 5.74) is -1.04. The number of nitrogens with one attached hydrogen (secondary N) is 2. The SMILES string of the molecule is Cl.O=C(Nc1cnsc1OC1CCCNCC1)c1ccc(F)c(-c2c(F)cccc2F)n1. The quantitative estimate of drug-likeness (QED) is 0.543. The van der Waals surface area contributed by atoms with Gasteiger partial charge in [-0.3, -0.25) is 4.79 Å². The number of amides is 1. The number of hydrogen-bond acceptors (Lipinski definition) is 6. The second-order valence-electron chi connectivity index (χ2n) is 7.03. The number of nitrogens with zero attached hydrogens (tertiary/aromatic N) is 2. The molecule has 1 amide bonds. The molecule has 1 aliphatic rings. The minimum atomic E-state index is -0.973. The lowest BCUT2D eigenvalue weighted by atomic mass is 10.1. The fourth-order valence-electron chi connectivity index (χ4n) is 3.31. The van der Waals surface area contributed by atoms with Crippen LogP contribution in [0.1, 0.15) is 29.8 Å². The van der Waals surface area contributed by atoms with E-state index in [0.717, 1.165) is 74.2 Å². The van der Waals surface area contributed by atoms with Crippen molar-refractivity contribution in [2.45, 2.75) is 25.4 Å². The van der Waals surface area contributed by atoms with E-state index in [9.17, 15) is 18.0 Å². The number of pyridine rings is 1. The first-order valence-electron chi connectivity index (χ1n) is 9.77. The van der Waals surface area contributed by atoms with Crippen LogP contribution in [0.2, 0.25) is 0 Å². The Hall–Kier alpha value is -2.69. The van der Waals surface area contributed by atoms with Crippen molar-refractivity contribution in [2.75, 3.05) is 18.4 Å². The third-order valence-electron chi connectivity index (χ3n) is 4.86. The van der Waals surface area contributed by atoms with Crippen molar-refractivity contribution >= 4 is 35.5 Å². The summed E-state index contributed by atoms with van der Waals surface area (Å²) in [5, 5.41) is 6.40. The van der Waals surface area contributed by atoms with Gasteiger partial charge in [-0.2, -0.15) is 4.37 Å². The molecule has 6 nitrogen and oxygen atoms in total. The van der Waals surface area contributed by atoms with Gasteiger partial charge in [0.2, 0.25) is 5.06 Å². The van der Waals surface area contributed by atoms with Crippen molar-refractivity contribution in [1.29, 1.82) is 0 Å². The van der Waals surface area contributed by atoms with Crippen molar-refractivity contribution in [2.24, 2.45) is 0 Å². The van der Waals surface area contributed by atoms with Gasteiger partial charge in [0.05, 0.1) is 11.8 Å². The zero-order valence-electron chi connectivity index (χ0n) is 16.7. The molecule has 4 rings (SSSR count). The molecule has 0 saturated carbocycles. The van der Waals surface area contributed by atoms with Crippen LogP contribution in [0.15, 0.2) is 36.5 Å². The number of carbonyl (C=O) groups is 1. The molecular weight excluding hydrogens is 465 g/mol. The maximum atomic E-state index is 14.3. The third-order valence-corrected chi connectivity index (χ3v) is 5.55. The highest BCUT2D eigenvalue weighted by Gasteiger charge is 2.21. The van der Waals surface area contributed by atoms with Gasteiger partial charge in [-0.1, -0.05) is 6.07 Å². The summed E-state index contributed by atoms with van der Waals surface area (Å²) in [6.07, 6.45) is 4.16. The fourth-order valence-corrected chi connectivity index (χ4v) is 3.94. The molecule has 0 aliphatic carbocycles. The van der Waals surface area contributed by atoms with E-state index in [1.807, 2.05) is 0 Å². The third kappa shape index (κ3) is 5.37. The van der Waals surface area contributed by atoms with E-state index in [1.165, 1.54) is 6.20 Å². The van der Waals surface area contributed by atoms with Crippen LogP contribution in [0.5, 0.6) is 5.06 Å². The van der Waals surface area contributed by atoms with Crippen molar-refractivity contribution < 1.29 is 22.7 Å². The smallest absolute Gasteiger partial charge is 0.274 e. The molecule has 0 spiro atoms. The first-order chi connectivity index (χ1) is 15.0. The zero-order chi connectivity index (χ0) is 21.8. The highest BCUT2D eigenvalue weighted by Crippen LogP contribution is 2.32.